The molecular formula is C20H30O6. The van der Waals surface area contributed by atoms with E-state index in [0.717, 1.165) is 11.1 Å². The number of allylic oxidation sites excluding steroid dienone is 2. The number of carbonyl (C=O) groups is 3. The van der Waals surface area contributed by atoms with Crippen LogP contribution in [0.3, 0.4) is 0 Å². The van der Waals surface area contributed by atoms with Gasteiger partial charge in [-0.3, -0.25) is 14.4 Å². The van der Waals surface area contributed by atoms with Gasteiger partial charge in [-0.15, -0.1) is 0 Å². The maximum absolute atomic E-state index is 12.5. The van der Waals surface area contributed by atoms with Crippen LogP contribution in [0.25, 0.3) is 0 Å². The average Bonchev–Trinajstić information content (AvgIpc) is 2.56. The minimum absolute atomic E-state index is 0.0277. The molecule has 26 heavy (non-hydrogen) atoms. The third kappa shape index (κ3) is 5.61. The molecule has 1 aliphatic heterocycles. The minimum Gasteiger partial charge on any atom is -0.457 e. The van der Waals surface area contributed by atoms with Gasteiger partial charge in [0.15, 0.2) is 11.4 Å². The van der Waals surface area contributed by atoms with Crippen LogP contribution in [-0.2, 0) is 19.1 Å². The summed E-state index contributed by atoms with van der Waals surface area (Å²) in [6.07, 6.45) is 2.07. The Morgan fingerprint density at radius 3 is 2.42 bits per heavy atom. The number of aliphatic hydroxyl groups is 2. The van der Waals surface area contributed by atoms with Crippen LogP contribution in [0.4, 0.5) is 0 Å². The fourth-order valence-corrected chi connectivity index (χ4v) is 3.25. The number of carbonyl (C=O) groups excluding carboxylic acids is 3. The van der Waals surface area contributed by atoms with Gasteiger partial charge in [-0.05, 0) is 38.2 Å². The molecule has 0 amide bonds. The van der Waals surface area contributed by atoms with Gasteiger partial charge in [0.2, 0.25) is 0 Å². The molecule has 0 aliphatic carbocycles. The van der Waals surface area contributed by atoms with Crippen molar-refractivity contribution in [1.82, 2.24) is 0 Å². The molecule has 0 radical (unpaired) electrons. The summed E-state index contributed by atoms with van der Waals surface area (Å²) in [5.41, 5.74) is -0.655. The van der Waals surface area contributed by atoms with Gasteiger partial charge in [-0.1, -0.05) is 32.1 Å². The fourth-order valence-electron chi connectivity index (χ4n) is 3.25. The third-order valence-corrected chi connectivity index (χ3v) is 4.71. The number of hydrogen-bond donors (Lipinski definition) is 2. The number of Topliss-reactive ketones (excluding diaryl/α,β-unsaturated/α-hetero) is 2. The average molecular weight is 366 g/mol. The number of aliphatic hydroxyl groups excluding tert-OH is 1. The molecule has 0 aromatic heterocycles. The van der Waals surface area contributed by atoms with Crippen LogP contribution in [0.1, 0.15) is 53.4 Å². The molecule has 2 N–H and O–H groups in total. The zero-order chi connectivity index (χ0) is 20.1. The Kier molecular flexibility index (Phi) is 7.90. The highest BCUT2D eigenvalue weighted by Gasteiger charge is 2.43. The van der Waals surface area contributed by atoms with Crippen LogP contribution in [-0.4, -0.2) is 46.1 Å². The lowest BCUT2D eigenvalue weighted by Gasteiger charge is -2.28. The number of rotatable bonds is 2. The van der Waals surface area contributed by atoms with Crippen LogP contribution >= 0.6 is 0 Å². The van der Waals surface area contributed by atoms with Gasteiger partial charge in [0, 0.05) is 12.8 Å². The first-order chi connectivity index (χ1) is 12.0. The van der Waals surface area contributed by atoms with Crippen LogP contribution in [0.2, 0.25) is 0 Å². The Hall–Kier alpha value is -1.79. The molecule has 0 aromatic carbocycles. The van der Waals surface area contributed by atoms with Gasteiger partial charge in [0.1, 0.15) is 17.8 Å². The van der Waals surface area contributed by atoms with Crippen molar-refractivity contribution in [3.63, 3.8) is 0 Å². The van der Waals surface area contributed by atoms with E-state index >= 15 is 0 Å². The Morgan fingerprint density at radius 2 is 1.88 bits per heavy atom. The number of esters is 1. The SMILES string of the molecule is C=C1/C=C(\C)[C@H](CC)OC(=O)[C@H](C)C(=O)[C@](O)(CO)CC(=O)C[C@@H](C)C1. The van der Waals surface area contributed by atoms with Crippen molar-refractivity contribution in [3.05, 3.63) is 23.8 Å². The standard InChI is InChI=1S/C20H30O6/c1-6-17-14(4)8-12(2)7-13(3)9-16(22)10-20(25,11-21)18(23)15(5)19(24)26-17/h8,13,15,17,21,25H,2,6-7,9-11H2,1,3-5H3/b14-8+/t13-,15+,17-,20+/m0/s1. The smallest absolute Gasteiger partial charge is 0.316 e. The van der Waals surface area contributed by atoms with Crippen LogP contribution in [0.15, 0.2) is 23.8 Å². The molecule has 6 nitrogen and oxygen atoms in total. The lowest BCUT2D eigenvalue weighted by atomic mass is 9.83. The Balaban J connectivity index is 3.26. The predicted octanol–water partition coefficient (Wildman–Crippen LogP) is 2.13. The molecule has 0 aromatic rings. The number of hydrogen-bond acceptors (Lipinski definition) is 6. The second kappa shape index (κ2) is 9.24. The summed E-state index contributed by atoms with van der Waals surface area (Å²) in [6.45, 7) is 9.96. The van der Waals surface area contributed by atoms with Crippen LogP contribution < -0.4 is 0 Å². The van der Waals surface area contributed by atoms with E-state index in [1.54, 1.807) is 0 Å². The Bertz CT molecular complexity index is 605. The fraction of sp³-hybridized carbons (Fsp3) is 0.650. The highest BCUT2D eigenvalue weighted by molar-refractivity contribution is 6.05. The summed E-state index contributed by atoms with van der Waals surface area (Å²) in [5.74, 6) is -3.35. The van der Waals surface area contributed by atoms with Gasteiger partial charge in [0.05, 0.1) is 6.61 Å². The summed E-state index contributed by atoms with van der Waals surface area (Å²) in [5, 5.41) is 20.0. The van der Waals surface area contributed by atoms with Crippen molar-refractivity contribution < 1.29 is 29.3 Å². The van der Waals surface area contributed by atoms with Crippen LogP contribution in [0, 0.1) is 11.8 Å². The number of cyclic esters (lactones) is 1. The minimum atomic E-state index is -2.27. The molecule has 4 atom stereocenters. The Labute approximate surface area is 154 Å². The Morgan fingerprint density at radius 1 is 1.27 bits per heavy atom. The second-order valence-corrected chi connectivity index (χ2v) is 7.38. The summed E-state index contributed by atoms with van der Waals surface area (Å²) >= 11 is 0. The summed E-state index contributed by atoms with van der Waals surface area (Å²) < 4.78 is 5.43. The van der Waals surface area contributed by atoms with Gasteiger partial charge in [-0.2, -0.15) is 0 Å². The first-order valence-corrected chi connectivity index (χ1v) is 8.99. The summed E-state index contributed by atoms with van der Waals surface area (Å²) in [4.78, 5) is 37.2. The number of ketones is 2. The number of ether oxygens (including phenoxy) is 1. The molecule has 1 aliphatic rings. The van der Waals surface area contributed by atoms with Crippen molar-refractivity contribution >= 4 is 17.5 Å². The van der Waals surface area contributed by atoms with Crippen molar-refractivity contribution in [2.45, 2.75) is 65.1 Å². The maximum atomic E-state index is 12.5. The molecule has 0 fully saturated rings. The molecule has 0 saturated carbocycles. The molecule has 1 heterocycles. The molecule has 146 valence electrons. The first-order valence-electron chi connectivity index (χ1n) is 8.99. The van der Waals surface area contributed by atoms with E-state index in [-0.39, 0.29) is 18.1 Å². The van der Waals surface area contributed by atoms with E-state index in [2.05, 4.69) is 6.58 Å². The molecule has 0 unspecified atom stereocenters. The van der Waals surface area contributed by atoms with Gasteiger partial charge in [0.25, 0.3) is 0 Å². The van der Waals surface area contributed by atoms with Gasteiger partial charge >= 0.3 is 5.97 Å². The van der Waals surface area contributed by atoms with E-state index in [0.29, 0.717) is 12.8 Å². The quantitative estimate of drug-likeness (QED) is 0.573. The van der Waals surface area contributed by atoms with Crippen molar-refractivity contribution in [2.75, 3.05) is 6.61 Å². The molecular weight excluding hydrogens is 336 g/mol. The second-order valence-electron chi connectivity index (χ2n) is 7.38. The van der Waals surface area contributed by atoms with Crippen molar-refractivity contribution in [1.29, 1.82) is 0 Å². The molecule has 0 bridgehead atoms. The molecule has 0 spiro atoms. The van der Waals surface area contributed by atoms with E-state index in [1.807, 2.05) is 26.8 Å². The zero-order valence-corrected chi connectivity index (χ0v) is 16.1. The largest absolute Gasteiger partial charge is 0.457 e. The van der Waals surface area contributed by atoms with E-state index in [9.17, 15) is 24.6 Å². The lowest BCUT2D eigenvalue weighted by Crippen LogP contribution is -2.49. The predicted molar refractivity (Wildman–Crippen MR) is 97.3 cm³/mol. The highest BCUT2D eigenvalue weighted by atomic mass is 16.5. The van der Waals surface area contributed by atoms with E-state index < -0.39 is 42.4 Å². The third-order valence-electron chi connectivity index (χ3n) is 4.71. The molecule has 1 rings (SSSR count). The van der Waals surface area contributed by atoms with Crippen LogP contribution in [0.5, 0.6) is 0 Å². The summed E-state index contributed by atoms with van der Waals surface area (Å²) in [6, 6.07) is 0. The van der Waals surface area contributed by atoms with Gasteiger partial charge in [-0.25, -0.2) is 0 Å². The molecule has 0 saturated heterocycles. The van der Waals surface area contributed by atoms with Crippen molar-refractivity contribution in [3.8, 4) is 0 Å². The first kappa shape index (κ1) is 22.3. The maximum Gasteiger partial charge on any atom is 0.316 e. The van der Waals surface area contributed by atoms with E-state index in [4.69, 9.17) is 4.74 Å². The summed E-state index contributed by atoms with van der Waals surface area (Å²) in [7, 11) is 0. The normalized spacial score (nSPS) is 34.7. The zero-order valence-electron chi connectivity index (χ0n) is 16.1. The van der Waals surface area contributed by atoms with Crippen molar-refractivity contribution in [2.24, 2.45) is 11.8 Å². The molecule has 6 heteroatoms. The van der Waals surface area contributed by atoms with E-state index in [1.165, 1.54) is 6.92 Å². The highest BCUT2D eigenvalue weighted by Crippen LogP contribution is 2.25. The topological polar surface area (TPSA) is 101 Å². The lowest BCUT2D eigenvalue weighted by molar-refractivity contribution is -0.163. The van der Waals surface area contributed by atoms with Gasteiger partial charge < -0.3 is 14.9 Å². The monoisotopic (exact) mass is 366 g/mol.